The minimum absolute atomic E-state index is 0.0782. The molecule has 1 atom stereocenters. The van der Waals surface area contributed by atoms with E-state index in [1.54, 1.807) is 32.0 Å². The Hall–Kier alpha value is -1.95. The molecule has 7 nitrogen and oxygen atoms in total. The molecule has 0 aromatic heterocycles. The van der Waals surface area contributed by atoms with Crippen molar-refractivity contribution in [1.29, 1.82) is 5.26 Å². The summed E-state index contributed by atoms with van der Waals surface area (Å²) in [4.78, 5) is 16.6. The lowest BCUT2D eigenvalue weighted by Crippen LogP contribution is -2.49. The Morgan fingerprint density at radius 3 is 2.41 bits per heavy atom. The molecular weight excluding hydrogens is 306 g/mol. The number of nitrogens with one attached hydrogen (secondary N) is 2. The van der Waals surface area contributed by atoms with Crippen LogP contribution in [0.1, 0.15) is 19.4 Å². The van der Waals surface area contributed by atoms with Gasteiger partial charge in [0.05, 0.1) is 11.0 Å². The summed E-state index contributed by atoms with van der Waals surface area (Å²) in [6, 6.07) is 6.98. The van der Waals surface area contributed by atoms with Gasteiger partial charge in [0, 0.05) is 0 Å². The number of hydrogen-bond acceptors (Lipinski definition) is 5. The largest absolute Gasteiger partial charge is 0.271 e. The maximum atomic E-state index is 12.3. The predicted octanol–water partition coefficient (Wildman–Crippen LogP) is 0.869. The second-order valence-corrected chi connectivity index (χ2v) is 6.78. The van der Waals surface area contributed by atoms with Gasteiger partial charge < -0.3 is 0 Å². The van der Waals surface area contributed by atoms with Crippen molar-refractivity contribution in [3.63, 3.8) is 0 Å². The number of hydrogen-bond donors (Lipinski definition) is 2. The monoisotopic (exact) mass is 325 g/mol. The maximum absolute atomic E-state index is 12.3. The molecule has 0 aliphatic heterocycles. The predicted molar refractivity (Wildman–Crippen MR) is 79.8 cm³/mol. The molecule has 1 amide bonds. The van der Waals surface area contributed by atoms with Crippen LogP contribution in [0.3, 0.4) is 0 Å². The highest BCUT2D eigenvalue weighted by Gasteiger charge is 2.28. The molecule has 2 N–H and O–H groups in total. The van der Waals surface area contributed by atoms with E-state index in [2.05, 4.69) is 15.0 Å². The number of carbonyl (C=O) groups is 1. The smallest absolute Gasteiger partial charge is 0.262 e. The summed E-state index contributed by atoms with van der Waals surface area (Å²) in [5.41, 5.74) is 2.99. The van der Waals surface area contributed by atoms with E-state index in [-0.39, 0.29) is 17.4 Å². The third kappa shape index (κ3) is 5.11. The van der Waals surface area contributed by atoms with Gasteiger partial charge in [-0.1, -0.05) is 31.5 Å². The Kier molecular flexibility index (Phi) is 6.49. The first-order chi connectivity index (χ1) is 10.3. The molecule has 0 saturated carbocycles. The third-order valence-electron chi connectivity index (χ3n) is 2.87. The summed E-state index contributed by atoms with van der Waals surface area (Å²) >= 11 is 0. The molecule has 1 unspecified atom stereocenters. The highest BCUT2D eigenvalue weighted by Crippen LogP contribution is 2.13. The van der Waals surface area contributed by atoms with E-state index < -0.39 is 22.0 Å². The fourth-order valence-corrected chi connectivity index (χ4v) is 2.99. The van der Waals surface area contributed by atoms with E-state index in [1.807, 2.05) is 6.92 Å². The van der Waals surface area contributed by atoms with Gasteiger partial charge in [0.1, 0.15) is 6.04 Å². The maximum Gasteiger partial charge on any atom is 0.262 e. The van der Waals surface area contributed by atoms with Crippen molar-refractivity contribution in [2.24, 2.45) is 5.92 Å². The van der Waals surface area contributed by atoms with Gasteiger partial charge in [-0.2, -0.15) is 9.98 Å². The van der Waals surface area contributed by atoms with Crippen LogP contribution in [0.5, 0.6) is 0 Å². The molecule has 1 rings (SSSR count). The summed E-state index contributed by atoms with van der Waals surface area (Å²) in [5.74, 6) is -0.952. The molecule has 0 bridgehead atoms. The lowest BCUT2D eigenvalue weighted by molar-refractivity contribution is -0.135. The molecule has 0 aliphatic rings. The minimum atomic E-state index is -3.83. The Labute approximate surface area is 130 Å². The number of rotatable bonds is 7. The summed E-state index contributed by atoms with van der Waals surface area (Å²) in [6.45, 7) is 4.93. The second-order valence-electron chi connectivity index (χ2n) is 5.07. The number of benzene rings is 1. The van der Waals surface area contributed by atoms with Crippen LogP contribution < -0.4 is 10.2 Å². The Bertz CT molecular complexity index is 648. The Morgan fingerprint density at radius 1 is 1.32 bits per heavy atom. The molecular formula is C14H19N3O4S. The van der Waals surface area contributed by atoms with Crippen LogP contribution in [-0.2, 0) is 19.7 Å². The SMILES string of the molecule is Cc1ccc(S(=O)(=O)NC(C(=O)NOCC#N)C(C)C)cc1. The molecule has 120 valence electrons. The fraction of sp³-hybridized carbons (Fsp3) is 0.429. The molecule has 1 aromatic carbocycles. The molecule has 8 heteroatoms. The lowest BCUT2D eigenvalue weighted by Gasteiger charge is -2.21. The van der Waals surface area contributed by atoms with Gasteiger partial charge in [-0.15, -0.1) is 0 Å². The highest BCUT2D eigenvalue weighted by molar-refractivity contribution is 7.89. The van der Waals surface area contributed by atoms with Crippen molar-refractivity contribution >= 4 is 15.9 Å². The van der Waals surface area contributed by atoms with Crippen molar-refractivity contribution in [3.8, 4) is 6.07 Å². The van der Waals surface area contributed by atoms with E-state index in [1.165, 1.54) is 12.1 Å². The zero-order chi connectivity index (χ0) is 16.8. The first kappa shape index (κ1) is 18.1. The van der Waals surface area contributed by atoms with Gasteiger partial charge in [0.2, 0.25) is 10.0 Å². The molecule has 0 fully saturated rings. The normalized spacial score (nSPS) is 12.7. The number of nitrogens with zero attached hydrogens (tertiary/aromatic N) is 1. The van der Waals surface area contributed by atoms with E-state index >= 15 is 0 Å². The van der Waals surface area contributed by atoms with Crippen LogP contribution in [0.15, 0.2) is 29.2 Å². The van der Waals surface area contributed by atoms with Crippen molar-refractivity contribution in [1.82, 2.24) is 10.2 Å². The summed E-state index contributed by atoms with van der Waals surface area (Å²) in [5, 5.41) is 8.35. The van der Waals surface area contributed by atoms with E-state index in [4.69, 9.17) is 5.26 Å². The lowest BCUT2D eigenvalue weighted by atomic mass is 10.1. The summed E-state index contributed by atoms with van der Waals surface area (Å²) in [7, 11) is -3.83. The number of amides is 1. The highest BCUT2D eigenvalue weighted by atomic mass is 32.2. The quantitative estimate of drug-likeness (QED) is 0.571. The first-order valence-electron chi connectivity index (χ1n) is 6.65. The van der Waals surface area contributed by atoms with E-state index in [0.717, 1.165) is 5.56 Å². The Balaban J connectivity index is 2.88. The molecule has 0 spiro atoms. The molecule has 22 heavy (non-hydrogen) atoms. The summed E-state index contributed by atoms with van der Waals surface area (Å²) < 4.78 is 27.0. The van der Waals surface area contributed by atoms with Crippen molar-refractivity contribution in [3.05, 3.63) is 29.8 Å². The van der Waals surface area contributed by atoms with Gasteiger partial charge in [-0.05, 0) is 25.0 Å². The van der Waals surface area contributed by atoms with Gasteiger partial charge >= 0.3 is 0 Å². The first-order valence-corrected chi connectivity index (χ1v) is 8.14. The number of carbonyl (C=O) groups excluding carboxylic acids is 1. The minimum Gasteiger partial charge on any atom is -0.271 e. The van der Waals surface area contributed by atoms with Crippen molar-refractivity contribution < 1.29 is 18.0 Å². The van der Waals surface area contributed by atoms with Gasteiger partial charge in [-0.3, -0.25) is 9.63 Å². The van der Waals surface area contributed by atoms with E-state index in [0.29, 0.717) is 0 Å². The van der Waals surface area contributed by atoms with Crippen molar-refractivity contribution in [2.75, 3.05) is 6.61 Å². The molecule has 0 heterocycles. The van der Waals surface area contributed by atoms with Gasteiger partial charge in [-0.25, -0.2) is 13.9 Å². The molecule has 1 aromatic rings. The second kappa shape index (κ2) is 7.89. The van der Waals surface area contributed by atoms with Crippen LogP contribution in [0.4, 0.5) is 0 Å². The van der Waals surface area contributed by atoms with Crippen LogP contribution in [0.25, 0.3) is 0 Å². The zero-order valence-electron chi connectivity index (χ0n) is 12.7. The number of aryl methyl sites for hydroxylation is 1. The molecule has 0 aliphatic carbocycles. The van der Waals surface area contributed by atoms with Gasteiger partial charge in [0.25, 0.3) is 5.91 Å². The van der Waals surface area contributed by atoms with Crippen LogP contribution >= 0.6 is 0 Å². The zero-order valence-corrected chi connectivity index (χ0v) is 13.5. The van der Waals surface area contributed by atoms with Crippen LogP contribution in [0, 0.1) is 24.2 Å². The Morgan fingerprint density at radius 2 is 1.91 bits per heavy atom. The third-order valence-corrected chi connectivity index (χ3v) is 4.33. The summed E-state index contributed by atoms with van der Waals surface area (Å²) in [6.07, 6.45) is 0. The number of nitriles is 1. The topological polar surface area (TPSA) is 108 Å². The fourth-order valence-electron chi connectivity index (χ4n) is 1.65. The van der Waals surface area contributed by atoms with Crippen LogP contribution in [0.2, 0.25) is 0 Å². The standard InChI is InChI=1S/C14H19N3O4S/c1-10(2)13(14(18)16-21-9-8-15)17-22(19,20)12-6-4-11(3)5-7-12/h4-7,10,13,17H,9H2,1-3H3,(H,16,18). The van der Waals surface area contributed by atoms with Crippen molar-refractivity contribution in [2.45, 2.75) is 31.7 Å². The van der Waals surface area contributed by atoms with Crippen LogP contribution in [-0.4, -0.2) is 27.0 Å². The average Bonchev–Trinajstić information content (AvgIpc) is 2.45. The average molecular weight is 325 g/mol. The molecule has 0 saturated heterocycles. The van der Waals surface area contributed by atoms with E-state index in [9.17, 15) is 13.2 Å². The van der Waals surface area contributed by atoms with Gasteiger partial charge in [0.15, 0.2) is 6.61 Å². The molecule has 0 radical (unpaired) electrons. The number of sulfonamides is 1. The number of hydroxylamine groups is 1.